The third-order valence-electron chi connectivity index (χ3n) is 4.95. The summed E-state index contributed by atoms with van der Waals surface area (Å²) in [6, 6.07) is 18.2. The van der Waals surface area contributed by atoms with Gasteiger partial charge in [0, 0.05) is 17.4 Å². The van der Waals surface area contributed by atoms with E-state index >= 15 is 0 Å². The number of amidine groups is 1. The van der Waals surface area contributed by atoms with Crippen LogP contribution >= 0.6 is 11.8 Å². The fourth-order valence-corrected chi connectivity index (χ4v) is 4.22. The van der Waals surface area contributed by atoms with Crippen molar-refractivity contribution in [3.63, 3.8) is 0 Å². The lowest BCUT2D eigenvalue weighted by atomic mass is 10.2. The van der Waals surface area contributed by atoms with Gasteiger partial charge < -0.3 is 9.47 Å². The fourth-order valence-electron chi connectivity index (χ4n) is 3.23. The monoisotopic (exact) mass is 466 g/mol. The summed E-state index contributed by atoms with van der Waals surface area (Å²) in [4.78, 5) is 19.3. The van der Waals surface area contributed by atoms with E-state index in [9.17, 15) is 13.6 Å². The van der Waals surface area contributed by atoms with Crippen molar-refractivity contribution < 1.29 is 23.0 Å². The van der Waals surface area contributed by atoms with Crippen LogP contribution in [0.15, 0.2) is 77.4 Å². The van der Waals surface area contributed by atoms with E-state index in [2.05, 4.69) is 4.99 Å². The van der Waals surface area contributed by atoms with Crippen molar-refractivity contribution in [2.75, 3.05) is 19.1 Å². The summed E-state index contributed by atoms with van der Waals surface area (Å²) >= 11 is 1.15. The largest absolute Gasteiger partial charge is 0.497 e. The highest BCUT2D eigenvalue weighted by atomic mass is 32.2. The molecule has 168 valence electrons. The summed E-state index contributed by atoms with van der Waals surface area (Å²) in [5.41, 5.74) is 1.75. The molecule has 0 N–H and O–H groups in total. The molecule has 1 heterocycles. The van der Waals surface area contributed by atoms with Crippen molar-refractivity contribution in [2.45, 2.75) is 5.75 Å². The van der Waals surface area contributed by atoms with Crippen LogP contribution in [0.1, 0.15) is 11.1 Å². The molecule has 0 aliphatic carbocycles. The topological polar surface area (TPSA) is 51.1 Å². The predicted octanol–water partition coefficient (Wildman–Crippen LogP) is 5.66. The molecule has 3 aromatic rings. The molecule has 4 rings (SSSR count). The summed E-state index contributed by atoms with van der Waals surface area (Å²) in [6.45, 7) is 0. The summed E-state index contributed by atoms with van der Waals surface area (Å²) in [6.07, 6.45) is 1.67. The van der Waals surface area contributed by atoms with Crippen molar-refractivity contribution in [3.8, 4) is 11.5 Å². The molecule has 33 heavy (non-hydrogen) atoms. The van der Waals surface area contributed by atoms with Gasteiger partial charge in [-0.2, -0.15) is 0 Å². The molecule has 0 saturated heterocycles. The van der Waals surface area contributed by atoms with Crippen LogP contribution in [-0.2, 0) is 10.5 Å². The van der Waals surface area contributed by atoms with Crippen molar-refractivity contribution in [3.05, 3.63) is 95.2 Å². The van der Waals surface area contributed by atoms with Crippen LogP contribution in [0.2, 0.25) is 0 Å². The maximum absolute atomic E-state index is 14.2. The van der Waals surface area contributed by atoms with Gasteiger partial charge in [-0.05, 0) is 42.0 Å². The second-order valence-corrected chi connectivity index (χ2v) is 7.98. The molecule has 3 aromatic carbocycles. The highest BCUT2D eigenvalue weighted by molar-refractivity contribution is 8.13. The van der Waals surface area contributed by atoms with Gasteiger partial charge in [0.2, 0.25) is 0 Å². The zero-order chi connectivity index (χ0) is 23.4. The first-order valence-electron chi connectivity index (χ1n) is 9.99. The van der Waals surface area contributed by atoms with Crippen LogP contribution in [0.5, 0.6) is 11.5 Å². The van der Waals surface area contributed by atoms with E-state index in [-0.39, 0.29) is 22.9 Å². The minimum Gasteiger partial charge on any atom is -0.497 e. The number of amides is 1. The van der Waals surface area contributed by atoms with E-state index in [0.29, 0.717) is 22.4 Å². The molecule has 0 atom stereocenters. The van der Waals surface area contributed by atoms with Crippen LogP contribution in [0.3, 0.4) is 0 Å². The quantitative estimate of drug-likeness (QED) is 0.440. The van der Waals surface area contributed by atoms with E-state index in [4.69, 9.17) is 9.47 Å². The molecule has 0 saturated carbocycles. The van der Waals surface area contributed by atoms with E-state index in [0.717, 1.165) is 23.4 Å². The van der Waals surface area contributed by atoms with Crippen molar-refractivity contribution in [1.29, 1.82) is 0 Å². The van der Waals surface area contributed by atoms with Gasteiger partial charge in [0.1, 0.15) is 17.2 Å². The number of carbonyl (C=O) groups excluding carboxylic acids is 1. The molecule has 1 aliphatic heterocycles. The normalized spacial score (nSPS) is 14.5. The molecule has 0 fully saturated rings. The van der Waals surface area contributed by atoms with E-state index < -0.39 is 11.6 Å². The average Bonchev–Trinajstić information content (AvgIpc) is 3.15. The molecule has 8 heteroatoms. The third kappa shape index (κ3) is 4.90. The molecule has 0 radical (unpaired) electrons. The molecule has 5 nitrogen and oxygen atoms in total. The molecule has 0 spiro atoms. The van der Waals surface area contributed by atoms with Crippen LogP contribution in [0.4, 0.5) is 14.5 Å². The second kappa shape index (κ2) is 9.87. The Hall–Kier alpha value is -3.65. The first-order chi connectivity index (χ1) is 16.0. The zero-order valence-corrected chi connectivity index (χ0v) is 18.7. The van der Waals surface area contributed by atoms with Crippen molar-refractivity contribution in [2.24, 2.45) is 4.99 Å². The van der Waals surface area contributed by atoms with Crippen molar-refractivity contribution >= 4 is 34.6 Å². The number of hydrogen-bond donors (Lipinski definition) is 0. The van der Waals surface area contributed by atoms with E-state index in [1.165, 1.54) is 24.1 Å². The number of rotatable bonds is 6. The number of nitrogens with zero attached hydrogens (tertiary/aromatic N) is 2. The Kier molecular flexibility index (Phi) is 6.74. The molecule has 0 bridgehead atoms. The number of anilines is 1. The van der Waals surface area contributed by atoms with Gasteiger partial charge in [-0.1, -0.05) is 42.1 Å². The van der Waals surface area contributed by atoms with Gasteiger partial charge in [-0.15, -0.1) is 0 Å². The van der Waals surface area contributed by atoms with Gasteiger partial charge in [0.15, 0.2) is 16.8 Å². The third-order valence-corrected chi connectivity index (χ3v) is 5.94. The minimum atomic E-state index is -0.915. The second-order valence-electron chi connectivity index (χ2n) is 7.04. The lowest BCUT2D eigenvalue weighted by Gasteiger charge is -2.18. The van der Waals surface area contributed by atoms with Crippen LogP contribution in [0, 0.1) is 11.6 Å². The van der Waals surface area contributed by atoms with Crippen LogP contribution < -0.4 is 14.4 Å². The maximum Gasteiger partial charge on any atom is 0.283 e. The number of hydrogen-bond acceptors (Lipinski definition) is 5. The van der Waals surface area contributed by atoms with E-state index in [1.807, 2.05) is 12.1 Å². The fraction of sp³-hybridized carbons (Fsp3) is 0.120. The van der Waals surface area contributed by atoms with Gasteiger partial charge in [0.05, 0.1) is 19.9 Å². The van der Waals surface area contributed by atoms with E-state index in [1.54, 1.807) is 49.6 Å². The Morgan fingerprint density at radius 1 is 0.970 bits per heavy atom. The highest BCUT2D eigenvalue weighted by Crippen LogP contribution is 2.33. The summed E-state index contributed by atoms with van der Waals surface area (Å²) < 4.78 is 38.2. The number of ether oxygens (including phenoxy) is 2. The number of methoxy groups -OCH3 is 2. The SMILES string of the molecule is COc1ccc(/C=C2\N=C(SCc3cccc(F)c3F)N(c3cccc(OC)c3)C2=O)cc1. The van der Waals surface area contributed by atoms with Crippen molar-refractivity contribution in [1.82, 2.24) is 0 Å². The number of carbonyl (C=O) groups is 1. The smallest absolute Gasteiger partial charge is 0.283 e. The summed E-state index contributed by atoms with van der Waals surface area (Å²) in [7, 11) is 3.12. The summed E-state index contributed by atoms with van der Waals surface area (Å²) in [5, 5.41) is 0.358. The molecular weight excluding hydrogens is 446 g/mol. The molecule has 0 aromatic heterocycles. The lowest BCUT2D eigenvalue weighted by Crippen LogP contribution is -2.30. The minimum absolute atomic E-state index is 0.103. The van der Waals surface area contributed by atoms with Gasteiger partial charge in [0.25, 0.3) is 5.91 Å². The zero-order valence-electron chi connectivity index (χ0n) is 17.9. The molecule has 0 unspecified atom stereocenters. The Balaban J connectivity index is 1.68. The number of halogens is 2. The van der Waals surface area contributed by atoms with Crippen LogP contribution in [-0.4, -0.2) is 25.3 Å². The average molecular weight is 467 g/mol. The molecule has 1 aliphatic rings. The van der Waals surface area contributed by atoms with Gasteiger partial charge in [-0.25, -0.2) is 13.8 Å². The highest BCUT2D eigenvalue weighted by Gasteiger charge is 2.32. The first-order valence-corrected chi connectivity index (χ1v) is 11.0. The standard InChI is InChI=1S/C25H20F2N2O3S/c1-31-19-11-9-16(10-12-19)13-22-24(30)29(18-6-4-7-20(14-18)32-2)25(28-22)33-15-17-5-3-8-21(26)23(17)27/h3-14H,15H2,1-2H3/b22-13-. The first kappa shape index (κ1) is 22.5. The van der Waals surface area contributed by atoms with Gasteiger partial charge in [-0.3, -0.25) is 9.69 Å². The number of aliphatic imine (C=N–C) groups is 1. The Morgan fingerprint density at radius 3 is 2.42 bits per heavy atom. The number of thioether (sulfide) groups is 1. The molecule has 1 amide bonds. The number of benzene rings is 3. The van der Waals surface area contributed by atoms with Crippen LogP contribution in [0.25, 0.3) is 6.08 Å². The Morgan fingerprint density at radius 2 is 1.70 bits per heavy atom. The predicted molar refractivity (Wildman–Crippen MR) is 127 cm³/mol. The Labute approximate surface area is 194 Å². The summed E-state index contributed by atoms with van der Waals surface area (Å²) in [5.74, 6) is -0.773. The lowest BCUT2D eigenvalue weighted by molar-refractivity contribution is -0.113. The van der Waals surface area contributed by atoms with Gasteiger partial charge >= 0.3 is 0 Å². The molecular formula is C25H20F2N2O3S. The maximum atomic E-state index is 14.2. The Bertz CT molecular complexity index is 1240.